The van der Waals surface area contributed by atoms with E-state index in [2.05, 4.69) is 4.98 Å². The van der Waals surface area contributed by atoms with Crippen LogP contribution in [0.2, 0.25) is 0 Å². The molecule has 7 heteroatoms. The first-order chi connectivity index (χ1) is 10.5. The summed E-state index contributed by atoms with van der Waals surface area (Å²) in [5.74, 6) is -3.78. The Kier molecular flexibility index (Phi) is 3.58. The summed E-state index contributed by atoms with van der Waals surface area (Å²) >= 11 is 0. The van der Waals surface area contributed by atoms with Gasteiger partial charge in [0.05, 0.1) is 11.0 Å². The lowest BCUT2D eigenvalue weighted by atomic mass is 10.2. The van der Waals surface area contributed by atoms with Gasteiger partial charge < -0.3 is 10.3 Å². The Balaban J connectivity index is 2.27. The van der Waals surface area contributed by atoms with E-state index in [1.807, 2.05) is 0 Å². The van der Waals surface area contributed by atoms with Gasteiger partial charge in [0.25, 0.3) is 0 Å². The van der Waals surface area contributed by atoms with Crippen molar-refractivity contribution in [2.45, 2.75) is 6.54 Å². The summed E-state index contributed by atoms with van der Waals surface area (Å²) in [5.41, 5.74) is 6.38. The zero-order chi connectivity index (χ0) is 15.9. The molecule has 22 heavy (non-hydrogen) atoms. The van der Waals surface area contributed by atoms with Gasteiger partial charge in [0, 0.05) is 30.8 Å². The Hall–Kier alpha value is -2.41. The third kappa shape index (κ3) is 2.33. The van der Waals surface area contributed by atoms with Crippen LogP contribution in [-0.2, 0) is 6.54 Å². The van der Waals surface area contributed by atoms with Gasteiger partial charge in [0.15, 0.2) is 23.3 Å². The lowest BCUT2D eigenvalue weighted by molar-refractivity contribution is 0.509. The molecule has 1 aromatic heterocycles. The molecule has 0 saturated heterocycles. The summed E-state index contributed by atoms with van der Waals surface area (Å²) in [7, 11) is 0. The third-order valence-corrected chi connectivity index (χ3v) is 3.32. The quantitative estimate of drug-likeness (QED) is 0.755. The van der Waals surface area contributed by atoms with Crippen LogP contribution >= 0.6 is 0 Å². The second-order valence-electron chi connectivity index (χ2n) is 4.76. The van der Waals surface area contributed by atoms with Crippen molar-refractivity contribution in [1.29, 1.82) is 0 Å². The van der Waals surface area contributed by atoms with Crippen LogP contribution in [0.15, 0.2) is 30.3 Å². The number of fused-ring (bicyclic) bond motifs is 1. The van der Waals surface area contributed by atoms with Gasteiger partial charge in [0.2, 0.25) is 0 Å². The molecule has 0 amide bonds. The van der Waals surface area contributed by atoms with Crippen molar-refractivity contribution in [3.63, 3.8) is 0 Å². The maximum Gasteiger partial charge on any atom is 0.161 e. The molecule has 0 unspecified atom stereocenters. The topological polar surface area (TPSA) is 43.8 Å². The molecule has 2 aromatic carbocycles. The van der Waals surface area contributed by atoms with E-state index in [-0.39, 0.29) is 24.4 Å². The highest BCUT2D eigenvalue weighted by Crippen LogP contribution is 2.27. The summed E-state index contributed by atoms with van der Waals surface area (Å²) in [6.45, 7) is 0.497. The summed E-state index contributed by atoms with van der Waals surface area (Å²) < 4.78 is 54.8. The number of rotatable bonds is 3. The van der Waals surface area contributed by atoms with Crippen LogP contribution < -0.4 is 5.73 Å². The summed E-state index contributed by atoms with van der Waals surface area (Å²) in [4.78, 5) is 4.19. The van der Waals surface area contributed by atoms with Crippen molar-refractivity contribution in [3.05, 3.63) is 53.6 Å². The Morgan fingerprint density at radius 3 is 2.27 bits per heavy atom. The molecule has 0 bridgehead atoms. The molecule has 0 aliphatic heterocycles. The first-order valence-electron chi connectivity index (χ1n) is 6.52. The summed E-state index contributed by atoms with van der Waals surface area (Å²) in [5, 5.41) is 0. The number of hydrogen-bond acceptors (Lipinski definition) is 2. The van der Waals surface area contributed by atoms with Gasteiger partial charge in [-0.15, -0.1) is 0 Å². The predicted octanol–water partition coefficient (Wildman–Crippen LogP) is 3.22. The fourth-order valence-corrected chi connectivity index (χ4v) is 2.33. The van der Waals surface area contributed by atoms with E-state index in [1.165, 1.54) is 6.07 Å². The SMILES string of the molecule is NCCn1c(-c2ccc(F)c(F)c2)nc2cc(F)c(F)cc21. The fraction of sp³-hybridized carbons (Fsp3) is 0.133. The molecule has 3 aromatic rings. The van der Waals surface area contributed by atoms with Gasteiger partial charge in [-0.3, -0.25) is 0 Å². The predicted molar refractivity (Wildman–Crippen MR) is 74.1 cm³/mol. The molecule has 1 heterocycles. The van der Waals surface area contributed by atoms with Crippen molar-refractivity contribution < 1.29 is 17.6 Å². The van der Waals surface area contributed by atoms with Crippen LogP contribution in [-0.4, -0.2) is 16.1 Å². The number of hydrogen-bond donors (Lipinski definition) is 1. The minimum Gasteiger partial charge on any atom is -0.329 e. The van der Waals surface area contributed by atoms with Crippen LogP contribution in [0, 0.1) is 23.3 Å². The lowest BCUT2D eigenvalue weighted by Crippen LogP contribution is -2.11. The average Bonchev–Trinajstić information content (AvgIpc) is 2.81. The average molecular weight is 309 g/mol. The molecule has 0 radical (unpaired) electrons. The van der Waals surface area contributed by atoms with E-state index >= 15 is 0 Å². The zero-order valence-electron chi connectivity index (χ0n) is 11.3. The Morgan fingerprint density at radius 2 is 1.59 bits per heavy atom. The normalized spacial score (nSPS) is 11.3. The highest BCUT2D eigenvalue weighted by atomic mass is 19.2. The molecule has 114 valence electrons. The maximum atomic E-state index is 13.4. The number of nitrogens with zero attached hydrogens (tertiary/aromatic N) is 2. The number of aromatic nitrogens is 2. The molecule has 0 fully saturated rings. The highest BCUT2D eigenvalue weighted by Gasteiger charge is 2.16. The van der Waals surface area contributed by atoms with Crippen molar-refractivity contribution in [2.75, 3.05) is 6.54 Å². The van der Waals surface area contributed by atoms with E-state index in [0.717, 1.165) is 24.3 Å². The standard InChI is InChI=1S/C15H11F4N3/c16-9-2-1-8(5-10(9)17)15-21-13-6-11(18)12(19)7-14(13)22(15)4-3-20/h1-2,5-7H,3-4,20H2. The lowest BCUT2D eigenvalue weighted by Gasteiger charge is -2.08. The van der Waals surface area contributed by atoms with E-state index in [9.17, 15) is 17.6 Å². The van der Waals surface area contributed by atoms with E-state index in [1.54, 1.807) is 4.57 Å². The Labute approximate surface area is 123 Å². The number of halogens is 4. The second kappa shape index (κ2) is 5.42. The Bertz CT molecular complexity index is 858. The molecule has 0 atom stereocenters. The van der Waals surface area contributed by atoms with Gasteiger partial charge in [-0.1, -0.05) is 0 Å². The van der Waals surface area contributed by atoms with Crippen molar-refractivity contribution in [2.24, 2.45) is 5.73 Å². The largest absolute Gasteiger partial charge is 0.329 e. The van der Waals surface area contributed by atoms with Crippen LogP contribution in [0.4, 0.5) is 17.6 Å². The Morgan fingerprint density at radius 1 is 0.909 bits per heavy atom. The molecule has 3 nitrogen and oxygen atoms in total. The van der Waals surface area contributed by atoms with E-state index in [0.29, 0.717) is 11.1 Å². The number of benzene rings is 2. The fourth-order valence-electron chi connectivity index (χ4n) is 2.33. The monoisotopic (exact) mass is 309 g/mol. The maximum absolute atomic E-state index is 13.4. The molecule has 0 aliphatic carbocycles. The van der Waals surface area contributed by atoms with Crippen molar-refractivity contribution in [1.82, 2.24) is 9.55 Å². The third-order valence-electron chi connectivity index (χ3n) is 3.32. The van der Waals surface area contributed by atoms with Crippen LogP contribution in [0.3, 0.4) is 0 Å². The van der Waals surface area contributed by atoms with Crippen molar-refractivity contribution >= 4 is 11.0 Å². The van der Waals surface area contributed by atoms with Crippen LogP contribution in [0.5, 0.6) is 0 Å². The molecule has 0 aliphatic rings. The van der Waals surface area contributed by atoms with Crippen molar-refractivity contribution in [3.8, 4) is 11.4 Å². The molecule has 2 N–H and O–H groups in total. The minimum absolute atomic E-state index is 0.215. The second-order valence-corrected chi connectivity index (χ2v) is 4.76. The molecular weight excluding hydrogens is 298 g/mol. The molecule has 3 rings (SSSR count). The van der Waals surface area contributed by atoms with Crippen LogP contribution in [0.1, 0.15) is 0 Å². The highest BCUT2D eigenvalue weighted by molar-refractivity contribution is 5.81. The smallest absolute Gasteiger partial charge is 0.161 e. The first-order valence-corrected chi connectivity index (χ1v) is 6.52. The number of imidazole rings is 1. The van der Waals surface area contributed by atoms with Gasteiger partial charge in [-0.25, -0.2) is 22.5 Å². The molecule has 0 saturated carbocycles. The first kappa shape index (κ1) is 14.5. The van der Waals surface area contributed by atoms with Gasteiger partial charge in [-0.05, 0) is 18.2 Å². The zero-order valence-corrected chi connectivity index (χ0v) is 11.3. The van der Waals surface area contributed by atoms with E-state index in [4.69, 9.17) is 5.73 Å². The van der Waals surface area contributed by atoms with Gasteiger partial charge in [-0.2, -0.15) is 0 Å². The van der Waals surface area contributed by atoms with Crippen LogP contribution in [0.25, 0.3) is 22.4 Å². The van der Waals surface area contributed by atoms with Gasteiger partial charge in [0.1, 0.15) is 5.82 Å². The minimum atomic E-state index is -1.03. The number of nitrogens with two attached hydrogens (primary N) is 1. The molecule has 0 spiro atoms. The molecular formula is C15H11F4N3. The van der Waals surface area contributed by atoms with E-state index < -0.39 is 23.3 Å². The summed E-state index contributed by atoms with van der Waals surface area (Å²) in [6.07, 6.45) is 0. The van der Waals surface area contributed by atoms with Gasteiger partial charge >= 0.3 is 0 Å². The summed E-state index contributed by atoms with van der Waals surface area (Å²) in [6, 6.07) is 5.27.